The van der Waals surface area contributed by atoms with E-state index in [0.29, 0.717) is 18.5 Å². The summed E-state index contributed by atoms with van der Waals surface area (Å²) in [5.41, 5.74) is 0.331. The normalized spacial score (nSPS) is 13.6. The Morgan fingerprint density at radius 1 is 1.14 bits per heavy atom. The number of carboxylic acids is 1. The highest BCUT2D eigenvalue weighted by Gasteiger charge is 2.38. The van der Waals surface area contributed by atoms with E-state index in [1.165, 1.54) is 24.3 Å². The van der Waals surface area contributed by atoms with Crippen molar-refractivity contribution >= 4 is 5.97 Å². The van der Waals surface area contributed by atoms with Gasteiger partial charge in [0.1, 0.15) is 11.4 Å². The number of carboxylic acid groups (broad SMARTS) is 1. The Hall–Kier alpha value is -2.20. The second-order valence-corrected chi connectivity index (χ2v) is 4.91. The van der Waals surface area contributed by atoms with Crippen molar-refractivity contribution in [3.05, 3.63) is 71.5 Å². The summed E-state index contributed by atoms with van der Waals surface area (Å²) in [5, 5.41) is 12.8. The van der Waals surface area contributed by atoms with Crippen LogP contribution in [-0.4, -0.2) is 11.1 Å². The van der Waals surface area contributed by atoms with Crippen molar-refractivity contribution in [2.24, 2.45) is 0 Å². The van der Waals surface area contributed by atoms with Gasteiger partial charge in [-0.2, -0.15) is 0 Å². The Bertz CT molecular complexity index is 598. The van der Waals surface area contributed by atoms with E-state index in [1.54, 1.807) is 6.92 Å². The molecule has 110 valence electrons. The van der Waals surface area contributed by atoms with Crippen molar-refractivity contribution in [1.29, 1.82) is 0 Å². The van der Waals surface area contributed by atoms with E-state index in [2.05, 4.69) is 5.32 Å². The third-order valence-electron chi connectivity index (χ3n) is 3.67. The van der Waals surface area contributed by atoms with Gasteiger partial charge in [0.05, 0.1) is 0 Å². The Morgan fingerprint density at radius 2 is 1.76 bits per heavy atom. The zero-order valence-corrected chi connectivity index (χ0v) is 11.8. The number of benzene rings is 2. The van der Waals surface area contributed by atoms with Crippen LogP contribution >= 0.6 is 0 Å². The second kappa shape index (κ2) is 6.50. The Kier molecular flexibility index (Phi) is 4.70. The topological polar surface area (TPSA) is 49.3 Å². The number of rotatable bonds is 6. The highest BCUT2D eigenvalue weighted by atomic mass is 19.1. The Morgan fingerprint density at radius 3 is 2.29 bits per heavy atom. The first kappa shape index (κ1) is 15.2. The van der Waals surface area contributed by atoms with Crippen molar-refractivity contribution in [3.63, 3.8) is 0 Å². The van der Waals surface area contributed by atoms with Gasteiger partial charge in [0.25, 0.3) is 0 Å². The van der Waals surface area contributed by atoms with Gasteiger partial charge in [0.15, 0.2) is 0 Å². The summed E-state index contributed by atoms with van der Waals surface area (Å²) in [7, 11) is 0. The summed E-state index contributed by atoms with van der Waals surface area (Å²) < 4.78 is 13.1. The molecule has 0 aliphatic carbocycles. The summed E-state index contributed by atoms with van der Waals surface area (Å²) in [6.07, 6.45) is 0.362. The number of aliphatic carboxylic acids is 1. The molecular weight excluding hydrogens is 269 g/mol. The number of halogens is 1. The van der Waals surface area contributed by atoms with Crippen LogP contribution in [0.3, 0.4) is 0 Å². The molecule has 4 heteroatoms. The van der Waals surface area contributed by atoms with Crippen LogP contribution in [-0.2, 0) is 16.9 Å². The summed E-state index contributed by atoms with van der Waals surface area (Å²) in [6, 6.07) is 15.2. The molecule has 0 heterocycles. The van der Waals surface area contributed by atoms with E-state index in [4.69, 9.17) is 0 Å². The van der Waals surface area contributed by atoms with Crippen molar-refractivity contribution < 1.29 is 14.3 Å². The van der Waals surface area contributed by atoms with Crippen LogP contribution in [0.5, 0.6) is 0 Å². The zero-order chi connectivity index (χ0) is 15.3. The van der Waals surface area contributed by atoms with Crippen LogP contribution in [0.15, 0.2) is 54.6 Å². The molecule has 0 aromatic heterocycles. The van der Waals surface area contributed by atoms with Gasteiger partial charge in [0.2, 0.25) is 0 Å². The molecule has 0 aliphatic heterocycles. The number of hydrogen-bond donors (Lipinski definition) is 2. The molecule has 3 nitrogen and oxygen atoms in total. The number of carbonyl (C=O) groups is 1. The predicted molar refractivity (Wildman–Crippen MR) is 79.3 cm³/mol. The number of nitrogens with one attached hydrogen (secondary N) is 1. The molecule has 0 radical (unpaired) electrons. The monoisotopic (exact) mass is 287 g/mol. The average molecular weight is 287 g/mol. The smallest absolute Gasteiger partial charge is 0.328 e. The molecule has 0 fully saturated rings. The summed E-state index contributed by atoms with van der Waals surface area (Å²) in [5.74, 6) is -1.34. The van der Waals surface area contributed by atoms with E-state index < -0.39 is 11.5 Å². The van der Waals surface area contributed by atoms with Crippen LogP contribution in [0.2, 0.25) is 0 Å². The van der Waals surface area contributed by atoms with Crippen molar-refractivity contribution in [1.82, 2.24) is 5.32 Å². The fourth-order valence-electron chi connectivity index (χ4n) is 2.36. The molecule has 2 N–H and O–H groups in total. The van der Waals surface area contributed by atoms with Crippen molar-refractivity contribution in [2.45, 2.75) is 25.4 Å². The molecule has 2 aromatic rings. The highest BCUT2D eigenvalue weighted by molar-refractivity contribution is 5.80. The molecule has 0 saturated carbocycles. The third-order valence-corrected chi connectivity index (χ3v) is 3.67. The Balaban J connectivity index is 2.29. The molecule has 0 aliphatic rings. The highest BCUT2D eigenvalue weighted by Crippen LogP contribution is 2.26. The standard InChI is InChI=1S/C17H18FNO2/c1-2-17(16(20)21,14-8-10-15(18)11-9-14)19-12-13-6-4-3-5-7-13/h3-11,19H,2,12H2,1H3,(H,20,21). The van der Waals surface area contributed by atoms with E-state index in [9.17, 15) is 14.3 Å². The van der Waals surface area contributed by atoms with E-state index in [1.807, 2.05) is 30.3 Å². The average Bonchev–Trinajstić information content (AvgIpc) is 2.50. The maximum absolute atomic E-state index is 13.1. The number of hydrogen-bond acceptors (Lipinski definition) is 2. The van der Waals surface area contributed by atoms with Crippen LogP contribution in [0.1, 0.15) is 24.5 Å². The lowest BCUT2D eigenvalue weighted by atomic mass is 9.87. The van der Waals surface area contributed by atoms with E-state index >= 15 is 0 Å². The summed E-state index contributed by atoms with van der Waals surface area (Å²) in [4.78, 5) is 11.8. The minimum atomic E-state index is -1.22. The van der Waals surface area contributed by atoms with Crippen LogP contribution in [0.4, 0.5) is 4.39 Å². The van der Waals surface area contributed by atoms with Gasteiger partial charge in [-0.15, -0.1) is 0 Å². The quantitative estimate of drug-likeness (QED) is 0.857. The first-order valence-electron chi connectivity index (χ1n) is 6.87. The molecular formula is C17H18FNO2. The van der Waals surface area contributed by atoms with Crippen LogP contribution < -0.4 is 5.32 Å². The lowest BCUT2D eigenvalue weighted by Gasteiger charge is -2.30. The van der Waals surface area contributed by atoms with Crippen LogP contribution in [0.25, 0.3) is 0 Å². The maximum Gasteiger partial charge on any atom is 0.328 e. The lowest BCUT2D eigenvalue weighted by Crippen LogP contribution is -2.48. The fraction of sp³-hybridized carbons (Fsp3) is 0.235. The lowest BCUT2D eigenvalue weighted by molar-refractivity contribution is -0.145. The van der Waals surface area contributed by atoms with Gasteiger partial charge in [0, 0.05) is 6.54 Å². The van der Waals surface area contributed by atoms with Crippen molar-refractivity contribution in [3.8, 4) is 0 Å². The second-order valence-electron chi connectivity index (χ2n) is 4.91. The van der Waals surface area contributed by atoms with E-state index in [-0.39, 0.29) is 5.82 Å². The molecule has 1 atom stereocenters. The molecule has 21 heavy (non-hydrogen) atoms. The van der Waals surface area contributed by atoms with Gasteiger partial charge in [-0.3, -0.25) is 5.32 Å². The van der Waals surface area contributed by atoms with Crippen molar-refractivity contribution in [2.75, 3.05) is 0 Å². The Labute approximate surface area is 123 Å². The van der Waals surface area contributed by atoms with Gasteiger partial charge in [-0.05, 0) is 29.7 Å². The molecule has 0 saturated heterocycles. The molecule has 0 amide bonds. The molecule has 0 spiro atoms. The first-order chi connectivity index (χ1) is 10.1. The van der Waals surface area contributed by atoms with Gasteiger partial charge < -0.3 is 5.11 Å². The zero-order valence-electron chi connectivity index (χ0n) is 11.8. The third kappa shape index (κ3) is 3.28. The minimum absolute atomic E-state index is 0.362. The van der Waals surface area contributed by atoms with Gasteiger partial charge >= 0.3 is 5.97 Å². The van der Waals surface area contributed by atoms with Gasteiger partial charge in [-0.25, -0.2) is 9.18 Å². The largest absolute Gasteiger partial charge is 0.480 e. The molecule has 0 bridgehead atoms. The molecule has 1 unspecified atom stereocenters. The molecule has 2 aromatic carbocycles. The SMILES string of the molecule is CCC(NCc1ccccc1)(C(=O)O)c1ccc(F)cc1. The van der Waals surface area contributed by atoms with E-state index in [0.717, 1.165) is 5.56 Å². The predicted octanol–water partition coefficient (Wildman–Crippen LogP) is 3.31. The summed E-state index contributed by atoms with van der Waals surface area (Å²) >= 11 is 0. The maximum atomic E-state index is 13.1. The fourth-order valence-corrected chi connectivity index (χ4v) is 2.36. The van der Waals surface area contributed by atoms with Gasteiger partial charge in [-0.1, -0.05) is 49.4 Å². The summed E-state index contributed by atoms with van der Waals surface area (Å²) in [6.45, 7) is 2.23. The molecule has 2 rings (SSSR count). The first-order valence-corrected chi connectivity index (χ1v) is 6.87. The van der Waals surface area contributed by atoms with Crippen LogP contribution in [0, 0.1) is 5.82 Å². The minimum Gasteiger partial charge on any atom is -0.480 e.